The molecule has 0 radical (unpaired) electrons. The molecule has 8 heteroatoms. The van der Waals surface area contributed by atoms with E-state index in [0.717, 1.165) is 0 Å². The van der Waals surface area contributed by atoms with Crippen LogP contribution in [0.4, 0.5) is 0 Å². The van der Waals surface area contributed by atoms with Crippen LogP contribution in [0, 0.1) is 0 Å². The van der Waals surface area contributed by atoms with Gasteiger partial charge in [-0.3, -0.25) is 0 Å². The van der Waals surface area contributed by atoms with E-state index in [4.69, 9.17) is 29.6 Å². The van der Waals surface area contributed by atoms with Gasteiger partial charge in [0.1, 0.15) is 0 Å². The van der Waals surface area contributed by atoms with E-state index in [1.54, 1.807) is 19.1 Å². The minimum absolute atomic E-state index is 0.0362. The highest BCUT2D eigenvalue weighted by Gasteiger charge is 2.15. The van der Waals surface area contributed by atoms with Crippen LogP contribution < -0.4 is 0 Å². The van der Waals surface area contributed by atoms with Gasteiger partial charge < -0.3 is 20.1 Å². The Hall–Kier alpha value is -2.90. The molecule has 0 saturated carbocycles. The number of benzene rings is 1. The molecule has 108 valence electrons. The molecule has 0 aliphatic carbocycles. The van der Waals surface area contributed by atoms with Gasteiger partial charge >= 0.3 is 23.9 Å². The summed E-state index contributed by atoms with van der Waals surface area (Å²) >= 11 is 0. The van der Waals surface area contributed by atoms with Crippen LogP contribution in [0.3, 0.4) is 0 Å². The van der Waals surface area contributed by atoms with Crippen molar-refractivity contribution in [2.75, 3.05) is 6.61 Å². The number of rotatable bonds is 3. The lowest BCUT2D eigenvalue weighted by Crippen LogP contribution is -2.11. The zero-order valence-electron chi connectivity index (χ0n) is 10.4. The monoisotopic (exact) mass is 284 g/mol. The van der Waals surface area contributed by atoms with Gasteiger partial charge in [-0.1, -0.05) is 12.1 Å². The van der Waals surface area contributed by atoms with Crippen LogP contribution in [0.15, 0.2) is 24.3 Å². The Labute approximate surface area is 113 Å². The van der Waals surface area contributed by atoms with Crippen LogP contribution in [0.1, 0.15) is 27.6 Å². The first-order valence-electron chi connectivity index (χ1n) is 5.26. The molecule has 1 aromatic rings. The summed E-state index contributed by atoms with van der Waals surface area (Å²) in [7, 11) is 0. The zero-order chi connectivity index (χ0) is 15.7. The van der Waals surface area contributed by atoms with Gasteiger partial charge in [0.25, 0.3) is 0 Å². The van der Waals surface area contributed by atoms with Crippen LogP contribution in [0.25, 0.3) is 0 Å². The third kappa shape index (κ3) is 5.63. The summed E-state index contributed by atoms with van der Waals surface area (Å²) < 4.78 is 4.72. The van der Waals surface area contributed by atoms with Crippen LogP contribution >= 0.6 is 0 Å². The van der Waals surface area contributed by atoms with Gasteiger partial charge in [-0.15, -0.1) is 0 Å². The van der Waals surface area contributed by atoms with Crippen molar-refractivity contribution in [3.05, 3.63) is 35.4 Å². The van der Waals surface area contributed by atoms with Gasteiger partial charge in [-0.05, 0) is 19.1 Å². The minimum Gasteiger partial charge on any atom is -0.478 e. The molecule has 1 rings (SSSR count). The molecular formula is C12H12O8. The predicted molar refractivity (Wildman–Crippen MR) is 64.6 cm³/mol. The summed E-state index contributed by atoms with van der Waals surface area (Å²) in [5, 5.41) is 23.6. The molecule has 0 aliphatic rings. The van der Waals surface area contributed by atoms with Crippen molar-refractivity contribution < 1.29 is 39.2 Å². The first-order chi connectivity index (χ1) is 9.31. The van der Waals surface area contributed by atoms with Crippen molar-refractivity contribution in [2.24, 2.45) is 0 Å². The van der Waals surface area contributed by atoms with Gasteiger partial charge in [-0.2, -0.15) is 0 Å². The van der Waals surface area contributed by atoms with Crippen LogP contribution in [-0.2, 0) is 14.3 Å². The molecule has 0 fully saturated rings. The quantitative estimate of drug-likeness (QED) is 0.545. The molecule has 0 spiro atoms. The summed E-state index contributed by atoms with van der Waals surface area (Å²) in [5.74, 6) is -5.39. The topological polar surface area (TPSA) is 138 Å². The second-order valence-corrected chi connectivity index (χ2v) is 3.18. The number of ether oxygens (including phenoxy) is 1. The second kappa shape index (κ2) is 8.25. The lowest BCUT2D eigenvalue weighted by atomic mass is 10.1. The molecule has 0 heterocycles. The Morgan fingerprint density at radius 1 is 0.950 bits per heavy atom. The molecule has 3 N–H and O–H groups in total. The molecule has 0 saturated heterocycles. The van der Waals surface area contributed by atoms with Gasteiger partial charge in [0.05, 0.1) is 17.7 Å². The molecule has 0 unspecified atom stereocenters. The highest BCUT2D eigenvalue weighted by Crippen LogP contribution is 2.09. The van der Waals surface area contributed by atoms with E-state index < -0.39 is 23.9 Å². The van der Waals surface area contributed by atoms with Gasteiger partial charge in [-0.25, -0.2) is 19.2 Å². The van der Waals surface area contributed by atoms with Crippen LogP contribution in [-0.4, -0.2) is 45.8 Å². The number of carbonyl (C=O) groups is 4. The van der Waals surface area contributed by atoms with Gasteiger partial charge in [0.2, 0.25) is 0 Å². The van der Waals surface area contributed by atoms with Crippen molar-refractivity contribution >= 4 is 23.9 Å². The fourth-order valence-corrected chi connectivity index (χ4v) is 1.06. The predicted octanol–water partition coefficient (Wildman–Crippen LogP) is 0.717. The number of hydrogen-bond acceptors (Lipinski definition) is 5. The Bertz CT molecular complexity index is 508. The minimum atomic E-state index is -1.82. The Balaban J connectivity index is 0.000000511. The lowest BCUT2D eigenvalue weighted by molar-refractivity contribution is -0.159. The number of hydrogen-bond donors (Lipinski definition) is 3. The van der Waals surface area contributed by atoms with Gasteiger partial charge in [0.15, 0.2) is 0 Å². The summed E-state index contributed by atoms with van der Waals surface area (Å²) in [6.45, 7) is 1.90. The molecule has 1 aromatic carbocycles. The van der Waals surface area contributed by atoms with E-state index in [2.05, 4.69) is 0 Å². The van der Waals surface area contributed by atoms with E-state index in [-0.39, 0.29) is 17.7 Å². The van der Waals surface area contributed by atoms with Crippen molar-refractivity contribution in [2.45, 2.75) is 6.92 Å². The molecule has 0 aromatic heterocycles. The maximum atomic E-state index is 11.3. The molecule has 0 aliphatic heterocycles. The van der Waals surface area contributed by atoms with E-state index in [0.29, 0.717) is 0 Å². The number of esters is 1. The number of aliphatic carboxylic acids is 2. The fraction of sp³-hybridized carbons (Fsp3) is 0.167. The first-order valence-corrected chi connectivity index (χ1v) is 5.26. The fourth-order valence-electron chi connectivity index (χ4n) is 1.06. The SMILES string of the molecule is CCOC(=O)c1ccccc1C(=O)O.O=C(O)C(=O)O. The van der Waals surface area contributed by atoms with E-state index in [1.807, 2.05) is 0 Å². The number of carboxylic acid groups (broad SMARTS) is 3. The highest BCUT2D eigenvalue weighted by molar-refractivity contribution is 6.27. The number of carbonyl (C=O) groups excluding carboxylic acids is 1. The Morgan fingerprint density at radius 2 is 1.40 bits per heavy atom. The first kappa shape index (κ1) is 17.1. The lowest BCUT2D eigenvalue weighted by Gasteiger charge is -2.04. The Morgan fingerprint density at radius 3 is 1.75 bits per heavy atom. The van der Waals surface area contributed by atoms with Crippen molar-refractivity contribution in [1.29, 1.82) is 0 Å². The molecule has 0 amide bonds. The zero-order valence-corrected chi connectivity index (χ0v) is 10.4. The standard InChI is InChI=1S/C10H10O4.C2H2O4/c1-2-14-10(13)8-6-4-3-5-7(8)9(11)12;3-1(4)2(5)6/h3-6H,2H2,1H3,(H,11,12);(H,3,4)(H,5,6). The average molecular weight is 284 g/mol. The molecule has 8 nitrogen and oxygen atoms in total. The highest BCUT2D eigenvalue weighted by atomic mass is 16.5. The van der Waals surface area contributed by atoms with E-state index in [1.165, 1.54) is 12.1 Å². The van der Waals surface area contributed by atoms with Crippen molar-refractivity contribution in [1.82, 2.24) is 0 Å². The van der Waals surface area contributed by atoms with E-state index >= 15 is 0 Å². The maximum Gasteiger partial charge on any atom is 0.414 e. The van der Waals surface area contributed by atoms with E-state index in [9.17, 15) is 9.59 Å². The average Bonchev–Trinajstić information content (AvgIpc) is 2.39. The van der Waals surface area contributed by atoms with Crippen molar-refractivity contribution in [3.63, 3.8) is 0 Å². The van der Waals surface area contributed by atoms with Crippen LogP contribution in [0.5, 0.6) is 0 Å². The molecule has 20 heavy (non-hydrogen) atoms. The smallest absolute Gasteiger partial charge is 0.414 e. The summed E-state index contributed by atoms with van der Waals surface area (Å²) in [6.07, 6.45) is 0. The largest absolute Gasteiger partial charge is 0.478 e. The Kier molecular flexibility index (Phi) is 7.05. The third-order valence-electron chi connectivity index (χ3n) is 1.84. The van der Waals surface area contributed by atoms with Crippen LogP contribution in [0.2, 0.25) is 0 Å². The number of carboxylic acids is 3. The third-order valence-corrected chi connectivity index (χ3v) is 1.84. The van der Waals surface area contributed by atoms with Crippen molar-refractivity contribution in [3.8, 4) is 0 Å². The summed E-state index contributed by atoms with van der Waals surface area (Å²) in [6, 6.07) is 5.96. The summed E-state index contributed by atoms with van der Waals surface area (Å²) in [5.41, 5.74) is 0.0489. The molecular weight excluding hydrogens is 272 g/mol. The molecule has 0 bridgehead atoms. The number of aromatic carboxylic acids is 1. The molecule has 0 atom stereocenters. The normalized spacial score (nSPS) is 8.85. The maximum absolute atomic E-state index is 11.3. The summed E-state index contributed by atoms with van der Waals surface area (Å²) in [4.78, 5) is 40.2. The van der Waals surface area contributed by atoms with Gasteiger partial charge in [0, 0.05) is 0 Å². The second-order valence-electron chi connectivity index (χ2n) is 3.18.